The number of carbonyl (C=O) groups excluding carboxylic acids is 3. The maximum absolute atomic E-state index is 12.7. The zero-order chi connectivity index (χ0) is 19.1. The number of carbonyl (C=O) groups is 3. The van der Waals surface area contributed by atoms with Crippen LogP contribution in [0.3, 0.4) is 0 Å². The monoisotopic (exact) mass is 359 g/mol. The molecule has 1 aromatic rings. The third kappa shape index (κ3) is 5.58. The number of amides is 3. The number of hydrogen-bond donors (Lipinski definition) is 2. The van der Waals surface area contributed by atoms with E-state index in [1.807, 2.05) is 20.8 Å². The number of nitrogens with zero attached hydrogens (tertiary/aromatic N) is 1. The van der Waals surface area contributed by atoms with E-state index in [2.05, 4.69) is 10.6 Å². The van der Waals surface area contributed by atoms with Gasteiger partial charge in [-0.15, -0.1) is 0 Å². The van der Waals surface area contributed by atoms with Crippen LogP contribution in [0.15, 0.2) is 24.3 Å². The molecule has 3 amide bonds. The van der Waals surface area contributed by atoms with Crippen LogP contribution < -0.4 is 10.6 Å². The lowest BCUT2D eigenvalue weighted by Crippen LogP contribution is -2.46. The zero-order valence-electron chi connectivity index (χ0n) is 15.9. The predicted molar refractivity (Wildman–Crippen MR) is 102 cm³/mol. The van der Waals surface area contributed by atoms with Crippen LogP contribution in [-0.2, 0) is 9.59 Å². The highest BCUT2D eigenvalue weighted by Crippen LogP contribution is 2.20. The molecule has 6 heteroatoms. The fourth-order valence-electron chi connectivity index (χ4n) is 3.11. The SMILES string of the molecule is CCCC(=O)Nc1ccc(C(=O)N2CCCC(C(=O)NC(C)C)C2)cc1. The molecule has 142 valence electrons. The highest BCUT2D eigenvalue weighted by atomic mass is 16.2. The van der Waals surface area contributed by atoms with Crippen LogP contribution >= 0.6 is 0 Å². The van der Waals surface area contributed by atoms with Crippen molar-refractivity contribution in [2.24, 2.45) is 5.92 Å². The molecular formula is C20H29N3O3. The third-order valence-electron chi connectivity index (χ3n) is 4.40. The van der Waals surface area contributed by atoms with Gasteiger partial charge in [-0.2, -0.15) is 0 Å². The molecule has 1 aliphatic rings. The maximum Gasteiger partial charge on any atom is 0.253 e. The summed E-state index contributed by atoms with van der Waals surface area (Å²) in [4.78, 5) is 38.3. The van der Waals surface area contributed by atoms with Crippen molar-refractivity contribution in [2.75, 3.05) is 18.4 Å². The zero-order valence-corrected chi connectivity index (χ0v) is 15.9. The average Bonchev–Trinajstić information content (AvgIpc) is 2.61. The van der Waals surface area contributed by atoms with Gasteiger partial charge in [0.15, 0.2) is 0 Å². The molecule has 6 nitrogen and oxygen atoms in total. The molecule has 0 radical (unpaired) electrons. The van der Waals surface area contributed by atoms with E-state index < -0.39 is 0 Å². The maximum atomic E-state index is 12.7. The first kappa shape index (κ1) is 19.9. The van der Waals surface area contributed by atoms with Gasteiger partial charge in [0.05, 0.1) is 5.92 Å². The highest BCUT2D eigenvalue weighted by molar-refractivity contribution is 5.96. The van der Waals surface area contributed by atoms with Crippen LogP contribution in [0.25, 0.3) is 0 Å². The minimum absolute atomic E-state index is 0.0199. The summed E-state index contributed by atoms with van der Waals surface area (Å²) in [6.07, 6.45) is 2.91. The first-order valence-electron chi connectivity index (χ1n) is 9.40. The Balaban J connectivity index is 1.97. The summed E-state index contributed by atoms with van der Waals surface area (Å²) < 4.78 is 0. The van der Waals surface area contributed by atoms with Crippen molar-refractivity contribution in [3.05, 3.63) is 29.8 Å². The van der Waals surface area contributed by atoms with E-state index in [0.29, 0.717) is 30.8 Å². The molecule has 26 heavy (non-hydrogen) atoms. The molecule has 1 unspecified atom stereocenters. The lowest BCUT2D eigenvalue weighted by Gasteiger charge is -2.32. The van der Waals surface area contributed by atoms with E-state index in [4.69, 9.17) is 0 Å². The molecule has 2 N–H and O–H groups in total. The summed E-state index contributed by atoms with van der Waals surface area (Å²) >= 11 is 0. The molecule has 1 fully saturated rings. The van der Waals surface area contributed by atoms with E-state index in [1.165, 1.54) is 0 Å². The Labute approximate surface area is 155 Å². The first-order chi connectivity index (χ1) is 12.4. The van der Waals surface area contributed by atoms with Gasteiger partial charge in [0.2, 0.25) is 11.8 Å². The molecule has 1 aliphatic heterocycles. The van der Waals surface area contributed by atoms with Crippen molar-refractivity contribution in [1.29, 1.82) is 0 Å². The van der Waals surface area contributed by atoms with Crippen LogP contribution in [0.4, 0.5) is 5.69 Å². The highest BCUT2D eigenvalue weighted by Gasteiger charge is 2.29. The molecule has 0 aliphatic carbocycles. The quantitative estimate of drug-likeness (QED) is 0.820. The number of rotatable bonds is 6. The van der Waals surface area contributed by atoms with E-state index in [-0.39, 0.29) is 29.7 Å². The smallest absolute Gasteiger partial charge is 0.253 e. The summed E-state index contributed by atoms with van der Waals surface area (Å²) in [6.45, 7) is 6.94. The van der Waals surface area contributed by atoms with Crippen LogP contribution in [-0.4, -0.2) is 41.8 Å². The van der Waals surface area contributed by atoms with Gasteiger partial charge in [-0.25, -0.2) is 0 Å². The summed E-state index contributed by atoms with van der Waals surface area (Å²) in [7, 11) is 0. The Morgan fingerprint density at radius 3 is 2.50 bits per heavy atom. The summed E-state index contributed by atoms with van der Waals surface area (Å²) in [5, 5.41) is 5.74. The average molecular weight is 359 g/mol. The fraction of sp³-hybridized carbons (Fsp3) is 0.550. The fourth-order valence-corrected chi connectivity index (χ4v) is 3.11. The molecule has 0 saturated carbocycles. The second kappa shape index (κ2) is 9.36. The van der Waals surface area contributed by atoms with Crippen LogP contribution in [0, 0.1) is 5.92 Å². The van der Waals surface area contributed by atoms with Gasteiger partial charge in [0, 0.05) is 36.8 Å². The first-order valence-corrected chi connectivity index (χ1v) is 9.40. The molecule has 1 saturated heterocycles. The van der Waals surface area contributed by atoms with E-state index in [1.54, 1.807) is 29.2 Å². The molecule has 2 rings (SSSR count). The Morgan fingerprint density at radius 2 is 1.88 bits per heavy atom. The van der Waals surface area contributed by atoms with E-state index >= 15 is 0 Å². The lowest BCUT2D eigenvalue weighted by molar-refractivity contribution is -0.126. The second-order valence-corrected chi connectivity index (χ2v) is 7.13. The van der Waals surface area contributed by atoms with Gasteiger partial charge in [-0.05, 0) is 57.4 Å². The van der Waals surface area contributed by atoms with Crippen molar-refractivity contribution >= 4 is 23.4 Å². The van der Waals surface area contributed by atoms with Gasteiger partial charge < -0.3 is 15.5 Å². The molecule has 1 heterocycles. The number of anilines is 1. The number of benzene rings is 1. The molecule has 1 atom stereocenters. The van der Waals surface area contributed by atoms with Gasteiger partial charge >= 0.3 is 0 Å². The largest absolute Gasteiger partial charge is 0.354 e. The topological polar surface area (TPSA) is 78.5 Å². The number of nitrogens with one attached hydrogen (secondary N) is 2. The van der Waals surface area contributed by atoms with Crippen molar-refractivity contribution < 1.29 is 14.4 Å². The lowest BCUT2D eigenvalue weighted by atomic mass is 9.96. The molecular weight excluding hydrogens is 330 g/mol. The van der Waals surface area contributed by atoms with Crippen molar-refractivity contribution in [1.82, 2.24) is 10.2 Å². The van der Waals surface area contributed by atoms with Crippen molar-refractivity contribution in [3.8, 4) is 0 Å². The Bertz CT molecular complexity index is 640. The Hall–Kier alpha value is -2.37. The minimum Gasteiger partial charge on any atom is -0.354 e. The number of likely N-dealkylation sites (tertiary alicyclic amines) is 1. The number of hydrogen-bond acceptors (Lipinski definition) is 3. The van der Waals surface area contributed by atoms with Crippen molar-refractivity contribution in [2.45, 2.75) is 52.5 Å². The van der Waals surface area contributed by atoms with E-state index in [0.717, 1.165) is 19.3 Å². The van der Waals surface area contributed by atoms with E-state index in [9.17, 15) is 14.4 Å². The molecule has 0 spiro atoms. The standard InChI is InChI=1S/C20H29N3O3/c1-4-6-18(24)22-17-10-8-15(9-11-17)20(26)23-12-5-7-16(13-23)19(25)21-14(2)3/h8-11,14,16H,4-7,12-13H2,1-3H3,(H,21,25)(H,22,24). The normalized spacial score (nSPS) is 17.1. The van der Waals surface area contributed by atoms with Crippen LogP contribution in [0.2, 0.25) is 0 Å². The number of piperidine rings is 1. The van der Waals surface area contributed by atoms with Gasteiger partial charge in [0.25, 0.3) is 5.91 Å². The third-order valence-corrected chi connectivity index (χ3v) is 4.40. The second-order valence-electron chi connectivity index (χ2n) is 7.13. The predicted octanol–water partition coefficient (Wildman–Crippen LogP) is 2.80. The summed E-state index contributed by atoms with van der Waals surface area (Å²) in [5.41, 5.74) is 1.26. The minimum atomic E-state index is -0.150. The van der Waals surface area contributed by atoms with Crippen molar-refractivity contribution in [3.63, 3.8) is 0 Å². The van der Waals surface area contributed by atoms with Crippen LogP contribution in [0.5, 0.6) is 0 Å². The summed E-state index contributed by atoms with van der Waals surface area (Å²) in [6, 6.07) is 7.04. The Morgan fingerprint density at radius 1 is 1.19 bits per heavy atom. The Kier molecular flexibility index (Phi) is 7.18. The van der Waals surface area contributed by atoms with Gasteiger partial charge in [-0.1, -0.05) is 6.92 Å². The summed E-state index contributed by atoms with van der Waals surface area (Å²) in [5.74, 6) is -0.228. The van der Waals surface area contributed by atoms with Gasteiger partial charge in [0.1, 0.15) is 0 Å². The molecule has 1 aromatic carbocycles. The molecule has 0 aromatic heterocycles. The van der Waals surface area contributed by atoms with Crippen LogP contribution in [0.1, 0.15) is 56.8 Å². The van der Waals surface area contributed by atoms with Gasteiger partial charge in [-0.3, -0.25) is 14.4 Å². The molecule has 0 bridgehead atoms.